The minimum atomic E-state index is 0.413. The molecule has 2 heteroatoms. The Labute approximate surface area is 103 Å². The highest BCUT2D eigenvalue weighted by molar-refractivity contribution is 5.36. The number of fused-ring (bicyclic) bond motifs is 1. The molecule has 2 N–H and O–H groups in total. The molecule has 2 aliphatic rings. The molecule has 0 radical (unpaired) electrons. The average Bonchev–Trinajstić information content (AvgIpc) is 2.26. The zero-order valence-electron chi connectivity index (χ0n) is 10.3. The van der Waals surface area contributed by atoms with Gasteiger partial charge in [0, 0.05) is 6.04 Å². The number of aromatic hydroxyl groups is 1. The van der Waals surface area contributed by atoms with E-state index in [2.05, 4.69) is 11.4 Å². The van der Waals surface area contributed by atoms with Gasteiger partial charge in [-0.3, -0.25) is 0 Å². The van der Waals surface area contributed by atoms with E-state index in [0.717, 1.165) is 24.9 Å². The molecule has 1 aromatic rings. The fourth-order valence-corrected chi connectivity index (χ4v) is 2.94. The summed E-state index contributed by atoms with van der Waals surface area (Å²) >= 11 is 0. The van der Waals surface area contributed by atoms with Crippen molar-refractivity contribution in [3.8, 4) is 5.75 Å². The van der Waals surface area contributed by atoms with Crippen LogP contribution in [0, 0.1) is 5.92 Å². The summed E-state index contributed by atoms with van der Waals surface area (Å²) in [6.07, 6.45) is 7.72. The Bertz CT molecular complexity index is 398. The van der Waals surface area contributed by atoms with E-state index in [0.29, 0.717) is 5.75 Å². The Morgan fingerprint density at radius 3 is 2.82 bits per heavy atom. The van der Waals surface area contributed by atoms with E-state index in [1.54, 1.807) is 0 Å². The normalized spacial score (nSPS) is 24.1. The van der Waals surface area contributed by atoms with Crippen LogP contribution in [0.1, 0.15) is 36.8 Å². The fourth-order valence-electron chi connectivity index (χ4n) is 2.94. The second kappa shape index (κ2) is 4.69. The SMILES string of the molecule is Oc1ccc2c(c1)CC(CNC1CCC1)CC2. The van der Waals surface area contributed by atoms with Gasteiger partial charge in [-0.2, -0.15) is 0 Å². The first-order chi connectivity index (χ1) is 8.31. The Hall–Kier alpha value is -1.02. The standard InChI is InChI=1S/C15H21NO/c17-15-7-6-12-5-4-11(8-13(12)9-15)10-16-14-2-1-3-14/h6-7,9,11,14,16-17H,1-5,8,10H2. The number of nitrogens with one attached hydrogen (secondary N) is 1. The Morgan fingerprint density at radius 2 is 2.06 bits per heavy atom. The number of aryl methyl sites for hydroxylation is 1. The molecule has 0 bridgehead atoms. The zero-order valence-corrected chi connectivity index (χ0v) is 10.3. The summed E-state index contributed by atoms with van der Waals surface area (Å²) in [5.41, 5.74) is 2.79. The van der Waals surface area contributed by atoms with Crippen molar-refractivity contribution in [1.82, 2.24) is 5.32 Å². The maximum absolute atomic E-state index is 9.52. The van der Waals surface area contributed by atoms with Gasteiger partial charge in [0.15, 0.2) is 0 Å². The van der Waals surface area contributed by atoms with E-state index in [1.165, 1.54) is 43.2 Å². The second-order valence-corrected chi connectivity index (χ2v) is 5.60. The lowest BCUT2D eigenvalue weighted by Crippen LogP contribution is -2.39. The molecular formula is C15H21NO. The van der Waals surface area contributed by atoms with Crippen molar-refractivity contribution in [2.45, 2.75) is 44.6 Å². The van der Waals surface area contributed by atoms with Gasteiger partial charge in [0.2, 0.25) is 0 Å². The first-order valence-corrected chi connectivity index (χ1v) is 6.85. The van der Waals surface area contributed by atoms with E-state index in [-0.39, 0.29) is 0 Å². The molecule has 1 aromatic carbocycles. The lowest BCUT2D eigenvalue weighted by Gasteiger charge is -2.31. The van der Waals surface area contributed by atoms with Crippen LogP contribution in [0.25, 0.3) is 0 Å². The third-order valence-corrected chi connectivity index (χ3v) is 4.32. The topological polar surface area (TPSA) is 32.3 Å². The summed E-state index contributed by atoms with van der Waals surface area (Å²) in [6.45, 7) is 1.15. The van der Waals surface area contributed by atoms with Crippen molar-refractivity contribution >= 4 is 0 Å². The van der Waals surface area contributed by atoms with Gasteiger partial charge in [-0.1, -0.05) is 12.5 Å². The van der Waals surface area contributed by atoms with Crippen molar-refractivity contribution in [3.05, 3.63) is 29.3 Å². The number of benzene rings is 1. The lowest BCUT2D eigenvalue weighted by molar-refractivity contribution is 0.305. The summed E-state index contributed by atoms with van der Waals surface area (Å²) in [5.74, 6) is 1.17. The van der Waals surface area contributed by atoms with E-state index in [9.17, 15) is 5.11 Å². The number of phenols is 1. The van der Waals surface area contributed by atoms with Crippen LogP contribution in [-0.2, 0) is 12.8 Å². The van der Waals surface area contributed by atoms with Crippen molar-refractivity contribution in [2.24, 2.45) is 5.92 Å². The molecule has 1 atom stereocenters. The van der Waals surface area contributed by atoms with Gasteiger partial charge in [-0.05, 0) is 67.8 Å². The molecule has 92 valence electrons. The molecule has 1 unspecified atom stereocenters. The van der Waals surface area contributed by atoms with Gasteiger partial charge in [0.1, 0.15) is 5.75 Å². The Morgan fingerprint density at radius 1 is 1.18 bits per heavy atom. The summed E-state index contributed by atoms with van der Waals surface area (Å²) < 4.78 is 0. The fraction of sp³-hybridized carbons (Fsp3) is 0.600. The van der Waals surface area contributed by atoms with Crippen LogP contribution < -0.4 is 5.32 Å². The zero-order chi connectivity index (χ0) is 11.7. The number of rotatable bonds is 3. The van der Waals surface area contributed by atoms with Gasteiger partial charge in [-0.25, -0.2) is 0 Å². The third-order valence-electron chi connectivity index (χ3n) is 4.32. The molecule has 0 aliphatic heterocycles. The summed E-state index contributed by atoms with van der Waals surface area (Å²) in [7, 11) is 0. The molecule has 0 heterocycles. The molecule has 0 amide bonds. The van der Waals surface area contributed by atoms with Crippen LogP contribution in [0.3, 0.4) is 0 Å². The minimum absolute atomic E-state index is 0.413. The first-order valence-electron chi connectivity index (χ1n) is 6.85. The van der Waals surface area contributed by atoms with Crippen molar-refractivity contribution in [3.63, 3.8) is 0 Å². The van der Waals surface area contributed by atoms with Crippen LogP contribution in [0.5, 0.6) is 5.75 Å². The highest BCUT2D eigenvalue weighted by Gasteiger charge is 2.22. The van der Waals surface area contributed by atoms with E-state index >= 15 is 0 Å². The predicted octanol–water partition coefficient (Wildman–Crippen LogP) is 2.64. The minimum Gasteiger partial charge on any atom is -0.508 e. The molecule has 1 saturated carbocycles. The summed E-state index contributed by atoms with van der Waals surface area (Å²) in [5, 5.41) is 13.2. The van der Waals surface area contributed by atoms with Gasteiger partial charge in [0.25, 0.3) is 0 Å². The highest BCUT2D eigenvalue weighted by atomic mass is 16.3. The van der Waals surface area contributed by atoms with E-state index in [1.807, 2.05) is 12.1 Å². The molecule has 17 heavy (non-hydrogen) atoms. The predicted molar refractivity (Wildman–Crippen MR) is 69.3 cm³/mol. The molecule has 0 aromatic heterocycles. The largest absolute Gasteiger partial charge is 0.508 e. The lowest BCUT2D eigenvalue weighted by atomic mass is 9.83. The molecule has 2 aliphatic carbocycles. The van der Waals surface area contributed by atoms with Crippen molar-refractivity contribution in [2.75, 3.05) is 6.54 Å². The quantitative estimate of drug-likeness (QED) is 0.838. The smallest absolute Gasteiger partial charge is 0.115 e. The van der Waals surface area contributed by atoms with Crippen molar-refractivity contribution < 1.29 is 5.11 Å². The van der Waals surface area contributed by atoms with Crippen LogP contribution in [-0.4, -0.2) is 17.7 Å². The summed E-state index contributed by atoms with van der Waals surface area (Å²) in [4.78, 5) is 0. The van der Waals surface area contributed by atoms with Crippen LogP contribution >= 0.6 is 0 Å². The van der Waals surface area contributed by atoms with Gasteiger partial charge in [-0.15, -0.1) is 0 Å². The van der Waals surface area contributed by atoms with Crippen LogP contribution in [0.4, 0.5) is 0 Å². The Kier molecular flexibility index (Phi) is 3.06. The van der Waals surface area contributed by atoms with Crippen molar-refractivity contribution in [1.29, 1.82) is 0 Å². The molecule has 0 saturated heterocycles. The van der Waals surface area contributed by atoms with Crippen LogP contribution in [0.2, 0.25) is 0 Å². The number of hydrogen-bond acceptors (Lipinski definition) is 2. The maximum Gasteiger partial charge on any atom is 0.115 e. The average molecular weight is 231 g/mol. The molecular weight excluding hydrogens is 210 g/mol. The van der Waals surface area contributed by atoms with Gasteiger partial charge < -0.3 is 10.4 Å². The molecule has 3 rings (SSSR count). The number of phenolic OH excluding ortho intramolecular Hbond substituents is 1. The van der Waals surface area contributed by atoms with Gasteiger partial charge in [0.05, 0.1) is 0 Å². The van der Waals surface area contributed by atoms with Crippen LogP contribution in [0.15, 0.2) is 18.2 Å². The second-order valence-electron chi connectivity index (χ2n) is 5.60. The van der Waals surface area contributed by atoms with E-state index < -0.39 is 0 Å². The highest BCUT2D eigenvalue weighted by Crippen LogP contribution is 2.28. The van der Waals surface area contributed by atoms with Gasteiger partial charge >= 0.3 is 0 Å². The monoisotopic (exact) mass is 231 g/mol. The number of hydrogen-bond donors (Lipinski definition) is 2. The first kappa shape index (κ1) is 11.1. The molecule has 0 spiro atoms. The summed E-state index contributed by atoms with van der Waals surface area (Å²) in [6, 6.07) is 6.64. The van der Waals surface area contributed by atoms with E-state index in [4.69, 9.17) is 0 Å². The molecule has 1 fully saturated rings. The molecule has 2 nitrogen and oxygen atoms in total. The maximum atomic E-state index is 9.52. The third kappa shape index (κ3) is 2.47. The Balaban J connectivity index is 1.59.